The van der Waals surface area contributed by atoms with Crippen LogP contribution < -0.4 is 5.73 Å². The van der Waals surface area contributed by atoms with Crippen molar-refractivity contribution in [2.24, 2.45) is 5.73 Å². The Kier molecular flexibility index (Phi) is 1.92. The van der Waals surface area contributed by atoms with Crippen molar-refractivity contribution in [2.75, 3.05) is 13.1 Å². The zero-order chi connectivity index (χ0) is 5.98. The molecule has 0 aromatic carbocycles. The zero-order valence-electron chi connectivity index (χ0n) is 5.01. The van der Waals surface area contributed by atoms with Crippen LogP contribution in [0.5, 0.6) is 0 Å². The van der Waals surface area contributed by atoms with Crippen LogP contribution in [-0.4, -0.2) is 31.9 Å². The SMILES string of the molecule is [B]N1CCC[C@H]1CN. The highest BCUT2D eigenvalue weighted by atomic mass is 15.1. The second-order valence-electron chi connectivity index (χ2n) is 2.27. The summed E-state index contributed by atoms with van der Waals surface area (Å²) in [6, 6.07) is 0.454. The molecule has 2 N–H and O–H groups in total. The first kappa shape index (κ1) is 6.11. The Hall–Kier alpha value is -0.0151. The van der Waals surface area contributed by atoms with Gasteiger partial charge in [0.05, 0.1) is 0 Å². The highest BCUT2D eigenvalue weighted by Gasteiger charge is 2.17. The number of nitrogens with zero attached hydrogens (tertiary/aromatic N) is 1. The molecule has 2 nitrogen and oxygen atoms in total. The highest BCUT2D eigenvalue weighted by molar-refractivity contribution is 6.04. The van der Waals surface area contributed by atoms with E-state index in [1.165, 1.54) is 12.8 Å². The van der Waals surface area contributed by atoms with Crippen LogP contribution in [-0.2, 0) is 0 Å². The van der Waals surface area contributed by atoms with Crippen molar-refractivity contribution in [1.29, 1.82) is 0 Å². The molecule has 0 unspecified atom stereocenters. The third-order valence-corrected chi connectivity index (χ3v) is 1.69. The molecule has 44 valence electrons. The second-order valence-corrected chi connectivity index (χ2v) is 2.27. The number of nitrogens with two attached hydrogens (primary N) is 1. The van der Waals surface area contributed by atoms with Crippen LogP contribution in [0.1, 0.15) is 12.8 Å². The average molecular weight is 110 g/mol. The van der Waals surface area contributed by atoms with Crippen LogP contribution >= 0.6 is 0 Å². The second kappa shape index (κ2) is 2.51. The maximum absolute atomic E-state index is 5.54. The Morgan fingerprint density at radius 1 is 1.75 bits per heavy atom. The van der Waals surface area contributed by atoms with E-state index < -0.39 is 0 Å². The van der Waals surface area contributed by atoms with Crippen LogP contribution in [0, 0.1) is 0 Å². The number of rotatable bonds is 1. The molecule has 3 heteroatoms. The normalized spacial score (nSPS) is 31.4. The molecule has 0 aliphatic carbocycles. The number of hydrogen-bond acceptors (Lipinski definition) is 2. The van der Waals surface area contributed by atoms with E-state index in [0.717, 1.165) is 6.54 Å². The summed E-state index contributed by atoms with van der Waals surface area (Å²) in [5.41, 5.74) is 5.40. The van der Waals surface area contributed by atoms with Gasteiger partial charge in [0.1, 0.15) is 0 Å². The predicted molar refractivity (Wildman–Crippen MR) is 34.5 cm³/mol. The van der Waals surface area contributed by atoms with E-state index in [9.17, 15) is 0 Å². The minimum Gasteiger partial charge on any atom is -0.350 e. The zero-order valence-corrected chi connectivity index (χ0v) is 5.01. The highest BCUT2D eigenvalue weighted by Crippen LogP contribution is 2.11. The third-order valence-electron chi connectivity index (χ3n) is 1.69. The van der Waals surface area contributed by atoms with E-state index in [1.807, 2.05) is 4.81 Å². The van der Waals surface area contributed by atoms with Gasteiger partial charge in [0.15, 0.2) is 7.98 Å². The van der Waals surface area contributed by atoms with Crippen LogP contribution in [0.25, 0.3) is 0 Å². The van der Waals surface area contributed by atoms with Gasteiger partial charge in [-0.2, -0.15) is 0 Å². The Morgan fingerprint density at radius 2 is 2.50 bits per heavy atom. The molecule has 8 heavy (non-hydrogen) atoms. The van der Waals surface area contributed by atoms with Gasteiger partial charge in [-0.05, 0) is 19.4 Å². The fourth-order valence-corrected chi connectivity index (χ4v) is 1.11. The summed E-state index contributed by atoms with van der Waals surface area (Å²) in [6.45, 7) is 1.72. The first-order valence-electron chi connectivity index (χ1n) is 3.06. The number of hydrogen-bond donors (Lipinski definition) is 1. The molecule has 0 aromatic heterocycles. The summed E-state index contributed by atoms with van der Waals surface area (Å²) >= 11 is 0. The lowest BCUT2D eigenvalue weighted by atomic mass is 10.2. The average Bonchev–Trinajstić information content (AvgIpc) is 2.14. The van der Waals surface area contributed by atoms with Gasteiger partial charge in [-0.3, -0.25) is 0 Å². The van der Waals surface area contributed by atoms with E-state index in [1.54, 1.807) is 0 Å². The molecule has 2 radical (unpaired) electrons. The van der Waals surface area contributed by atoms with Crippen molar-refractivity contribution in [1.82, 2.24) is 4.81 Å². The van der Waals surface area contributed by atoms with Crippen LogP contribution in [0.3, 0.4) is 0 Å². The standard InChI is InChI=1S/C5H11BN2/c6-8-3-1-2-5(8)4-7/h5H,1-4,7H2/t5-/m0/s1. The van der Waals surface area contributed by atoms with Gasteiger partial charge in [0.2, 0.25) is 0 Å². The fourth-order valence-electron chi connectivity index (χ4n) is 1.11. The summed E-state index contributed by atoms with van der Waals surface area (Å²) in [7, 11) is 5.54. The Morgan fingerprint density at radius 3 is 2.75 bits per heavy atom. The Labute approximate surface area is 51.5 Å². The molecule has 1 aliphatic rings. The van der Waals surface area contributed by atoms with Crippen molar-refractivity contribution in [3.63, 3.8) is 0 Å². The van der Waals surface area contributed by atoms with E-state index in [4.69, 9.17) is 13.7 Å². The summed E-state index contributed by atoms with van der Waals surface area (Å²) in [5.74, 6) is 0. The van der Waals surface area contributed by atoms with E-state index >= 15 is 0 Å². The summed E-state index contributed by atoms with van der Waals surface area (Å²) in [4.78, 5) is 1.83. The van der Waals surface area contributed by atoms with Crippen molar-refractivity contribution in [2.45, 2.75) is 18.9 Å². The molecule has 0 bridgehead atoms. The van der Waals surface area contributed by atoms with E-state index in [0.29, 0.717) is 12.6 Å². The van der Waals surface area contributed by atoms with Crippen molar-refractivity contribution >= 4 is 7.98 Å². The van der Waals surface area contributed by atoms with Gasteiger partial charge in [-0.15, -0.1) is 0 Å². The molecular weight excluding hydrogens is 98.9 g/mol. The lowest BCUT2D eigenvalue weighted by Gasteiger charge is -2.16. The molecular formula is C5H11BN2. The van der Waals surface area contributed by atoms with Gasteiger partial charge in [-0.1, -0.05) is 0 Å². The summed E-state index contributed by atoms with van der Waals surface area (Å²) < 4.78 is 0. The summed E-state index contributed by atoms with van der Waals surface area (Å²) in [6.07, 6.45) is 2.38. The lowest BCUT2D eigenvalue weighted by molar-refractivity contribution is 0.427. The Balaban J connectivity index is 2.30. The summed E-state index contributed by atoms with van der Waals surface area (Å²) in [5, 5.41) is 0. The van der Waals surface area contributed by atoms with Gasteiger partial charge in [-0.25, -0.2) is 0 Å². The smallest absolute Gasteiger partial charge is 0.182 e. The van der Waals surface area contributed by atoms with Gasteiger partial charge in [0.25, 0.3) is 0 Å². The van der Waals surface area contributed by atoms with Gasteiger partial charge < -0.3 is 10.5 Å². The lowest BCUT2D eigenvalue weighted by Crippen LogP contribution is -2.33. The van der Waals surface area contributed by atoms with Gasteiger partial charge in [0, 0.05) is 12.6 Å². The molecule has 1 saturated heterocycles. The van der Waals surface area contributed by atoms with Gasteiger partial charge >= 0.3 is 0 Å². The maximum atomic E-state index is 5.54. The molecule has 0 aromatic rings. The topological polar surface area (TPSA) is 29.3 Å². The first-order chi connectivity index (χ1) is 3.84. The molecule has 0 amide bonds. The van der Waals surface area contributed by atoms with E-state index in [2.05, 4.69) is 0 Å². The van der Waals surface area contributed by atoms with Crippen molar-refractivity contribution < 1.29 is 0 Å². The largest absolute Gasteiger partial charge is 0.350 e. The minimum atomic E-state index is 0.454. The molecule has 0 saturated carbocycles. The quantitative estimate of drug-likeness (QED) is 0.460. The molecule has 1 aliphatic heterocycles. The Bertz CT molecular complexity index is 76.8. The third kappa shape index (κ3) is 1.04. The molecule has 1 fully saturated rings. The molecule has 1 rings (SSSR count). The minimum absolute atomic E-state index is 0.454. The van der Waals surface area contributed by atoms with Crippen LogP contribution in [0.15, 0.2) is 0 Å². The van der Waals surface area contributed by atoms with Crippen LogP contribution in [0.4, 0.5) is 0 Å². The molecule has 0 spiro atoms. The van der Waals surface area contributed by atoms with Crippen molar-refractivity contribution in [3.05, 3.63) is 0 Å². The first-order valence-corrected chi connectivity index (χ1v) is 3.06. The van der Waals surface area contributed by atoms with E-state index in [-0.39, 0.29) is 0 Å². The van der Waals surface area contributed by atoms with Crippen molar-refractivity contribution in [3.8, 4) is 0 Å². The maximum Gasteiger partial charge on any atom is 0.182 e. The molecule has 1 atom stereocenters. The van der Waals surface area contributed by atoms with Crippen LogP contribution in [0.2, 0.25) is 0 Å². The molecule has 1 heterocycles. The monoisotopic (exact) mass is 110 g/mol. The predicted octanol–water partition coefficient (Wildman–Crippen LogP) is -0.507. The fraction of sp³-hybridized carbons (Fsp3) is 1.00.